The van der Waals surface area contributed by atoms with Crippen LogP contribution in [0.4, 0.5) is 0 Å². The number of carbonyl (C=O) groups excluding carboxylic acids is 2. The van der Waals surface area contributed by atoms with E-state index in [0.717, 1.165) is 89.9 Å². The molecule has 1 N–H and O–H groups in total. The first-order chi connectivity index (χ1) is 40.6. The van der Waals surface area contributed by atoms with Gasteiger partial charge in [-0.15, -0.1) is 0 Å². The summed E-state index contributed by atoms with van der Waals surface area (Å²) >= 11 is 0. The van der Waals surface area contributed by atoms with Gasteiger partial charge in [0, 0.05) is 12.8 Å². The van der Waals surface area contributed by atoms with Gasteiger partial charge in [-0.25, -0.2) is 4.79 Å². The Balaban J connectivity index is 4.10. The van der Waals surface area contributed by atoms with Gasteiger partial charge in [-0.3, -0.25) is 9.59 Å². The predicted octanol–water partition coefficient (Wildman–Crippen LogP) is 21.2. The van der Waals surface area contributed by atoms with Gasteiger partial charge in [0.25, 0.3) is 6.29 Å². The highest BCUT2D eigenvalue weighted by atomic mass is 16.7. The summed E-state index contributed by atoms with van der Waals surface area (Å²) in [5, 5.41) is 9.73. The van der Waals surface area contributed by atoms with Gasteiger partial charge in [0.05, 0.1) is 34.4 Å². The van der Waals surface area contributed by atoms with E-state index in [0.29, 0.717) is 23.9 Å². The minimum Gasteiger partial charge on any atom is -0.477 e. The quantitative estimate of drug-likeness (QED) is 0.0211. The Labute approximate surface area is 512 Å². The Hall–Kier alpha value is -3.79. The molecule has 0 rings (SSSR count). The van der Waals surface area contributed by atoms with Crippen LogP contribution >= 0.6 is 0 Å². The third kappa shape index (κ3) is 65.6. The lowest BCUT2D eigenvalue weighted by molar-refractivity contribution is -0.870. The molecule has 0 fully saturated rings. The number of carbonyl (C=O) groups is 3. The third-order valence-electron chi connectivity index (χ3n) is 14.8. The number of rotatable bonds is 63. The molecule has 0 radical (unpaired) electrons. The molecule has 0 aromatic rings. The van der Waals surface area contributed by atoms with Crippen molar-refractivity contribution in [2.24, 2.45) is 0 Å². The summed E-state index contributed by atoms with van der Waals surface area (Å²) in [6.45, 7) is 4.74. The van der Waals surface area contributed by atoms with E-state index in [-0.39, 0.29) is 32.2 Å². The molecule has 9 heteroatoms. The van der Waals surface area contributed by atoms with Gasteiger partial charge in [0.2, 0.25) is 0 Å². The molecule has 0 aliphatic heterocycles. The molecule has 9 nitrogen and oxygen atoms in total. The fourth-order valence-corrected chi connectivity index (χ4v) is 9.58. The molecule has 2 unspecified atom stereocenters. The number of nitrogens with zero attached hydrogens (tertiary/aromatic N) is 1. The number of carboxylic acid groups (broad SMARTS) is 1. The Morgan fingerprint density at radius 2 is 0.687 bits per heavy atom. The summed E-state index contributed by atoms with van der Waals surface area (Å²) in [6, 6.07) is 0. The summed E-state index contributed by atoms with van der Waals surface area (Å²) in [4.78, 5) is 37.6. The summed E-state index contributed by atoms with van der Waals surface area (Å²) in [5.74, 6) is -2.03. The average Bonchev–Trinajstić information content (AvgIpc) is 3.46. The molecule has 0 heterocycles. The lowest BCUT2D eigenvalue weighted by Gasteiger charge is -2.25. The van der Waals surface area contributed by atoms with Crippen LogP contribution in [0, 0.1) is 0 Å². The minimum absolute atomic E-state index is 0.179. The Bertz CT molecular complexity index is 1680. The van der Waals surface area contributed by atoms with Gasteiger partial charge in [-0.05, 0) is 96.3 Å². The first kappa shape index (κ1) is 79.2. The maximum Gasteiger partial charge on any atom is 0.361 e. The number of allylic oxidation sites excluding steroid dienone is 16. The fourth-order valence-electron chi connectivity index (χ4n) is 9.58. The topological polar surface area (TPSA) is 108 Å². The lowest BCUT2D eigenvalue weighted by Crippen LogP contribution is -2.40. The van der Waals surface area contributed by atoms with Crippen LogP contribution in [0.2, 0.25) is 0 Å². The van der Waals surface area contributed by atoms with Crippen molar-refractivity contribution in [3.63, 3.8) is 0 Å². The molecule has 0 spiro atoms. The smallest absolute Gasteiger partial charge is 0.361 e. The highest BCUT2D eigenvalue weighted by Crippen LogP contribution is 2.17. The number of ether oxygens (including phenoxy) is 4. The molecular weight excluding hydrogens is 1030 g/mol. The van der Waals surface area contributed by atoms with Gasteiger partial charge >= 0.3 is 17.9 Å². The number of aliphatic carboxylic acids is 1. The molecule has 2 atom stereocenters. The first-order valence-electron chi connectivity index (χ1n) is 34.4. The number of hydrogen-bond acceptors (Lipinski definition) is 7. The molecule has 0 aliphatic carbocycles. The second-order valence-corrected chi connectivity index (χ2v) is 24.1. The second-order valence-electron chi connectivity index (χ2n) is 24.1. The summed E-state index contributed by atoms with van der Waals surface area (Å²) in [7, 11) is 5.96. The molecule has 0 saturated carbocycles. The van der Waals surface area contributed by atoms with Gasteiger partial charge in [0.1, 0.15) is 13.2 Å². The van der Waals surface area contributed by atoms with Crippen LogP contribution in [0.5, 0.6) is 0 Å². The van der Waals surface area contributed by atoms with Crippen molar-refractivity contribution >= 4 is 17.9 Å². The maximum absolute atomic E-state index is 12.9. The van der Waals surface area contributed by atoms with E-state index >= 15 is 0 Å². The fraction of sp³-hybridized carbons (Fsp3) is 0.743. The summed E-state index contributed by atoms with van der Waals surface area (Å²) < 4.78 is 22.9. The van der Waals surface area contributed by atoms with Crippen molar-refractivity contribution in [2.45, 2.75) is 309 Å². The molecule has 0 aliphatic rings. The van der Waals surface area contributed by atoms with E-state index < -0.39 is 24.3 Å². The van der Waals surface area contributed by atoms with Crippen LogP contribution in [-0.4, -0.2) is 87.4 Å². The zero-order chi connectivity index (χ0) is 60.5. The Morgan fingerprint density at radius 3 is 1.02 bits per heavy atom. The van der Waals surface area contributed by atoms with Crippen molar-refractivity contribution < 1.29 is 42.9 Å². The monoisotopic (exact) mass is 1160 g/mol. The highest BCUT2D eigenvalue weighted by Gasteiger charge is 2.25. The number of carboxylic acids is 1. The van der Waals surface area contributed by atoms with Gasteiger partial charge in [-0.1, -0.05) is 284 Å². The van der Waals surface area contributed by atoms with Crippen molar-refractivity contribution in [1.82, 2.24) is 0 Å². The first-order valence-corrected chi connectivity index (χ1v) is 34.4. The number of likely N-dealkylation sites (N-methyl/N-ethyl adjacent to an activating group) is 1. The van der Waals surface area contributed by atoms with Gasteiger partial charge in [-0.2, -0.15) is 0 Å². The second kappa shape index (κ2) is 64.2. The predicted molar refractivity (Wildman–Crippen MR) is 355 cm³/mol. The SMILES string of the molecule is CC/C=C\C/C=C\C/C=C\C/C=C\C/C=C\C/C=C\CCCCCCC(=O)OC(COC(=O)CCCCCCCCCCCCCCCCCCCCCCCCC/C=C\C/C=C\CCCCCCC)COC(OCC[N+](C)(C)C)C(=O)O. The number of esters is 2. The normalized spacial score (nSPS) is 13.3. The lowest BCUT2D eigenvalue weighted by atomic mass is 10.0. The molecule has 0 aromatic heterocycles. The number of hydrogen-bond donors (Lipinski definition) is 1. The number of unbranched alkanes of at least 4 members (excludes halogenated alkanes) is 32. The highest BCUT2D eigenvalue weighted by molar-refractivity contribution is 5.71. The van der Waals surface area contributed by atoms with Gasteiger partial charge < -0.3 is 28.5 Å². The summed E-state index contributed by atoms with van der Waals surface area (Å²) in [6.07, 6.45) is 85.3. The maximum atomic E-state index is 12.9. The standard InChI is InChI=1S/C74H129NO8/c1-6-8-10-12-14-16-18-20-22-24-26-28-30-31-32-33-34-35-36-37-38-39-40-41-43-44-46-48-50-52-54-56-58-60-62-64-71(76)81-68-70(69-82-74(73(78)79)80-67-66-75(3,4)5)83-72(77)65-63-61-59-57-55-53-51-49-47-45-42-29-27-25-23-21-19-17-15-13-11-9-7-2/h9,11,15,17-18,20-21,23-24,26-27,29,45,47,51,53,70,74H,6-8,10,12-14,16,19,22,25,28,30-44,46,48-50,52,54-69H2,1-5H3/p+1/b11-9-,17-15-,20-18-,23-21-,26-24-,29-27-,47-45-,53-51-. The van der Waals surface area contributed by atoms with E-state index in [1.807, 2.05) is 21.1 Å². The average molecular weight is 1160 g/mol. The van der Waals surface area contributed by atoms with Crippen LogP contribution < -0.4 is 0 Å². The molecule has 83 heavy (non-hydrogen) atoms. The van der Waals surface area contributed by atoms with Crippen molar-refractivity contribution in [3.05, 3.63) is 97.2 Å². The zero-order valence-electron chi connectivity index (χ0n) is 54.6. The van der Waals surface area contributed by atoms with Crippen molar-refractivity contribution in [3.8, 4) is 0 Å². The third-order valence-corrected chi connectivity index (χ3v) is 14.8. The van der Waals surface area contributed by atoms with Crippen LogP contribution in [-0.2, 0) is 33.3 Å². The van der Waals surface area contributed by atoms with Crippen molar-refractivity contribution in [1.29, 1.82) is 0 Å². The molecule has 0 bridgehead atoms. The van der Waals surface area contributed by atoms with Crippen LogP contribution in [0.25, 0.3) is 0 Å². The molecule has 0 aromatic carbocycles. The van der Waals surface area contributed by atoms with Crippen LogP contribution in [0.1, 0.15) is 296 Å². The Morgan fingerprint density at radius 1 is 0.373 bits per heavy atom. The van der Waals surface area contributed by atoms with E-state index in [2.05, 4.69) is 111 Å². The zero-order valence-corrected chi connectivity index (χ0v) is 54.6. The molecular formula is C74H130NO8+. The summed E-state index contributed by atoms with van der Waals surface area (Å²) in [5.41, 5.74) is 0. The largest absolute Gasteiger partial charge is 0.477 e. The molecule has 0 amide bonds. The van der Waals surface area contributed by atoms with Crippen LogP contribution in [0.15, 0.2) is 97.2 Å². The van der Waals surface area contributed by atoms with Gasteiger partial charge in [0.15, 0.2) is 6.10 Å². The molecule has 478 valence electrons. The molecule has 0 saturated heterocycles. The van der Waals surface area contributed by atoms with Crippen LogP contribution in [0.3, 0.4) is 0 Å². The minimum atomic E-state index is -1.52. The Kier molecular flexibility index (Phi) is 61.3. The van der Waals surface area contributed by atoms with E-state index in [4.69, 9.17) is 18.9 Å². The number of quaternary nitrogens is 1. The van der Waals surface area contributed by atoms with E-state index in [9.17, 15) is 19.5 Å². The van der Waals surface area contributed by atoms with E-state index in [1.165, 1.54) is 173 Å². The van der Waals surface area contributed by atoms with E-state index in [1.54, 1.807) is 0 Å². The van der Waals surface area contributed by atoms with Crippen molar-refractivity contribution in [2.75, 3.05) is 47.5 Å².